The molecule has 0 nitrogen and oxygen atoms in total. The van der Waals surface area contributed by atoms with Gasteiger partial charge in [0.25, 0.3) is 0 Å². The fourth-order valence-electron chi connectivity index (χ4n) is 0. The third-order valence-corrected chi connectivity index (χ3v) is 0. The Morgan fingerprint density at radius 2 is 0.119 bits per heavy atom. The van der Waals surface area contributed by atoms with E-state index in [1.54, 1.807) is 0 Å². The highest BCUT2D eigenvalue weighted by Crippen LogP contribution is 1.57. The zero-order valence-electron chi connectivity index (χ0n) is 40.2. The van der Waals surface area contributed by atoms with E-state index in [0.717, 1.165) is 0 Å². The third kappa shape index (κ3) is 0. The van der Waals surface area contributed by atoms with E-state index in [1.807, 2.05) is 166 Å². The van der Waals surface area contributed by atoms with Crippen molar-refractivity contribution in [3.63, 3.8) is 0 Å². The molecule has 0 spiro atoms. The molecule has 0 atom stereocenters. The monoisotopic (exact) mass is 625 g/mol. The lowest BCUT2D eigenvalue weighted by Crippen LogP contribution is -1.27. The first-order valence-corrected chi connectivity index (χ1v) is 20.5. The van der Waals surface area contributed by atoms with Crippen LogP contribution in [0.3, 0.4) is 0 Å². The molecule has 0 aliphatic rings. The maximum absolute atomic E-state index is 2.12. The molecule has 0 saturated carbocycles. The van der Waals surface area contributed by atoms with Gasteiger partial charge in [0.2, 0.25) is 0 Å². The molecule has 0 heterocycles. The van der Waals surface area contributed by atoms with Crippen LogP contribution in [0, 0.1) is 0 Å². The molecule has 0 aromatic carbocycles. The molecule has 0 rings (SSSR count). The third-order valence-electron chi connectivity index (χ3n) is 0. The van der Waals surface area contributed by atoms with Crippen LogP contribution in [0.2, 0.25) is 0 Å². The molecule has 288 valence electrons. The summed E-state index contributed by atoms with van der Waals surface area (Å²) in [5.41, 5.74) is 0. The first-order valence-electron chi connectivity index (χ1n) is 20.5. The van der Waals surface area contributed by atoms with Crippen LogP contribution in [0.25, 0.3) is 0 Å². The van der Waals surface area contributed by atoms with Crippen molar-refractivity contribution in [1.29, 1.82) is 0 Å². The van der Waals surface area contributed by atoms with Crippen LogP contribution in [-0.4, -0.2) is 0 Å². The van der Waals surface area contributed by atoms with Gasteiger partial charge in [0.15, 0.2) is 0 Å². The normalized spacial score (nSPS) is 4.29. The molecule has 0 saturated heterocycles. The summed E-state index contributed by atoms with van der Waals surface area (Å²) in [6.45, 7) is 73.5. The van der Waals surface area contributed by atoms with Gasteiger partial charge in [-0.1, -0.05) is 288 Å². The van der Waals surface area contributed by atoms with E-state index in [1.165, 1.54) is 38.5 Å². The summed E-state index contributed by atoms with van der Waals surface area (Å²) < 4.78 is 0. The van der Waals surface area contributed by atoms with E-state index >= 15 is 0 Å². The minimum atomic E-state index is 1.25. The Kier molecular flexibility index (Phi) is 5320. The molecule has 0 radical (unpaired) electrons. The molecule has 0 aromatic rings. The van der Waals surface area contributed by atoms with E-state index in [4.69, 9.17) is 0 Å². The van der Waals surface area contributed by atoms with Gasteiger partial charge in [-0.3, -0.25) is 0 Å². The van der Waals surface area contributed by atoms with Gasteiger partial charge in [0.1, 0.15) is 0 Å². The van der Waals surface area contributed by atoms with E-state index in [2.05, 4.69) is 83.1 Å². The lowest BCUT2D eigenvalue weighted by atomic mass is 10.6. The molecule has 42 heavy (non-hydrogen) atoms. The van der Waals surface area contributed by atoms with Crippen LogP contribution < -0.4 is 0 Å². The highest BCUT2D eigenvalue weighted by molar-refractivity contribution is 3.93. The summed E-state index contributed by atoms with van der Waals surface area (Å²) >= 11 is 0. The Hall–Kier alpha value is 0. The molecule has 0 aliphatic carbocycles. The van der Waals surface area contributed by atoms with Crippen molar-refractivity contribution in [2.75, 3.05) is 0 Å². The predicted molar refractivity (Wildman–Crippen MR) is 232 cm³/mol. The van der Waals surface area contributed by atoms with Crippen molar-refractivity contribution in [3.8, 4) is 0 Å². The zero-order valence-corrected chi connectivity index (χ0v) is 40.2. The fourth-order valence-corrected chi connectivity index (χ4v) is 0. The van der Waals surface area contributed by atoms with Crippen molar-refractivity contribution < 1.29 is 0 Å². The Bertz CT molecular complexity index is 15.5. The van der Waals surface area contributed by atoms with Crippen LogP contribution in [0.15, 0.2) is 0 Å². The van der Waals surface area contributed by atoms with Crippen LogP contribution >= 0.6 is 0 Å². The van der Waals surface area contributed by atoms with Gasteiger partial charge in [-0.2, -0.15) is 0 Å². The molecule has 0 aromatic heterocycles. The smallest absolute Gasteiger partial charge is 0.0590 e. The zero-order chi connectivity index (χ0) is 40.2. The van der Waals surface area contributed by atoms with Gasteiger partial charge >= 0.3 is 0 Å². The van der Waals surface area contributed by atoms with Crippen molar-refractivity contribution in [1.82, 2.24) is 0 Å². The Labute approximate surface area is 287 Å². The summed E-state index contributed by atoms with van der Waals surface area (Å²) in [5, 5.41) is 0. The van der Waals surface area contributed by atoms with E-state index < -0.39 is 0 Å². The predicted octanol–water partition coefficient (Wildman–Crippen LogP) is 20.8. The molecule has 0 bridgehead atoms. The standard InChI is InChI=1S/6C3H8.12C2H6/c6*1-3-2;12*1-2/h6*3H2,1-2H3;12*1-2H3. The highest BCUT2D eigenvalue weighted by Gasteiger charge is 1.37. The summed E-state index contributed by atoms with van der Waals surface area (Å²) in [4.78, 5) is 0. The van der Waals surface area contributed by atoms with Gasteiger partial charge in [-0.15, -0.1) is 0 Å². The van der Waals surface area contributed by atoms with Gasteiger partial charge in [0, 0.05) is 0 Å². The first kappa shape index (κ1) is 123. The number of rotatable bonds is 0. The summed E-state index contributed by atoms with van der Waals surface area (Å²) in [6.07, 6.45) is 7.50. The van der Waals surface area contributed by atoms with E-state index in [-0.39, 0.29) is 0 Å². The molecular weight excluding hydrogens is 504 g/mol. The maximum atomic E-state index is 2.12. The fraction of sp³-hybridized carbons (Fsp3) is 1.00. The lowest BCUT2D eigenvalue weighted by molar-refractivity contribution is 1.09. The van der Waals surface area contributed by atoms with Gasteiger partial charge in [0.05, 0.1) is 0 Å². The van der Waals surface area contributed by atoms with Gasteiger partial charge in [-0.05, 0) is 0 Å². The quantitative estimate of drug-likeness (QED) is 0.251. The average Bonchev–Trinajstić information content (AvgIpc) is 3.10. The highest BCUT2D eigenvalue weighted by atomic mass is 13.4. The molecule has 0 amide bonds. The maximum Gasteiger partial charge on any atom is -0.0590 e. The molecule has 0 N–H and O–H groups in total. The second-order valence-electron chi connectivity index (χ2n) is 4.24. The largest absolute Gasteiger partial charge is 0.0683 e. The molecular formula is C42H120. The van der Waals surface area contributed by atoms with E-state index in [9.17, 15) is 0 Å². The minimum absolute atomic E-state index is 1.25. The Morgan fingerprint density at radius 1 is 0.119 bits per heavy atom. The number of hydrogen-bond acceptors (Lipinski definition) is 0. The average molecular weight is 625 g/mol. The van der Waals surface area contributed by atoms with Crippen LogP contribution in [-0.2, 0) is 0 Å². The van der Waals surface area contributed by atoms with Crippen molar-refractivity contribution in [3.05, 3.63) is 0 Å². The van der Waals surface area contributed by atoms with Gasteiger partial charge in [-0.25, -0.2) is 0 Å². The molecule has 0 unspecified atom stereocenters. The summed E-state index contributed by atoms with van der Waals surface area (Å²) in [7, 11) is 0. The second-order valence-corrected chi connectivity index (χ2v) is 4.24. The molecule has 0 aliphatic heterocycles. The van der Waals surface area contributed by atoms with Gasteiger partial charge < -0.3 is 0 Å². The SMILES string of the molecule is CC.CC.CC.CC.CC.CC.CC.CC.CC.CC.CC.CC.CCC.CCC.CCC.CCC.CCC.CCC. The van der Waals surface area contributed by atoms with Crippen molar-refractivity contribution in [2.45, 2.75) is 288 Å². The van der Waals surface area contributed by atoms with Crippen LogP contribution in [0.4, 0.5) is 0 Å². The Balaban J connectivity index is -0.00000000912. The Morgan fingerprint density at radius 3 is 0.119 bits per heavy atom. The number of hydrogen-bond donors (Lipinski definition) is 0. The van der Waals surface area contributed by atoms with E-state index in [0.29, 0.717) is 0 Å². The summed E-state index contributed by atoms with van der Waals surface area (Å²) in [6, 6.07) is 0. The second kappa shape index (κ2) is 1820. The first-order chi connectivity index (χ1) is 20.5. The molecule has 0 heteroatoms. The summed E-state index contributed by atoms with van der Waals surface area (Å²) in [5.74, 6) is 0. The lowest BCUT2D eigenvalue weighted by Gasteiger charge is -1.48. The molecule has 0 fully saturated rings. The van der Waals surface area contributed by atoms with Crippen molar-refractivity contribution in [2.24, 2.45) is 0 Å². The minimum Gasteiger partial charge on any atom is -0.0683 e. The van der Waals surface area contributed by atoms with Crippen LogP contribution in [0.1, 0.15) is 288 Å². The van der Waals surface area contributed by atoms with Crippen molar-refractivity contribution >= 4 is 0 Å². The van der Waals surface area contributed by atoms with Crippen LogP contribution in [0.5, 0.6) is 0 Å². The topological polar surface area (TPSA) is 0 Å².